The smallest absolute Gasteiger partial charge is 0.0383 e. The van der Waals surface area contributed by atoms with Crippen molar-refractivity contribution in [1.29, 1.82) is 0 Å². The molecule has 2 heteroatoms. The lowest BCUT2D eigenvalue weighted by Crippen LogP contribution is -2.16. The Morgan fingerprint density at radius 3 is 2.77 bits per heavy atom. The topological polar surface area (TPSA) is 24.1 Å². The van der Waals surface area contributed by atoms with E-state index in [0.717, 1.165) is 12.6 Å². The van der Waals surface area contributed by atoms with Crippen LogP contribution >= 0.6 is 0 Å². The number of nitrogens with one attached hydrogen (secondary N) is 2. The highest BCUT2D eigenvalue weighted by Crippen LogP contribution is 2.21. The third kappa shape index (κ3) is 2.22. The molecule has 0 aliphatic heterocycles. The molecule has 70 valence electrons. The van der Waals surface area contributed by atoms with Crippen LogP contribution in [-0.2, 0) is 6.54 Å². The van der Waals surface area contributed by atoms with Crippen molar-refractivity contribution in [1.82, 2.24) is 5.32 Å². The lowest BCUT2D eigenvalue weighted by atomic mass is 10.2. The van der Waals surface area contributed by atoms with Crippen molar-refractivity contribution in [3.8, 4) is 0 Å². The van der Waals surface area contributed by atoms with Crippen LogP contribution in [0.3, 0.4) is 0 Å². The average molecular weight is 176 g/mol. The fraction of sp³-hybridized carbons (Fsp3) is 0.455. The molecule has 2 rings (SSSR count). The predicted octanol–water partition coefficient (Wildman–Crippen LogP) is 1.98. The minimum atomic E-state index is 0.782. The summed E-state index contributed by atoms with van der Waals surface area (Å²) in [4.78, 5) is 0. The number of hydrogen-bond acceptors (Lipinski definition) is 2. The first-order valence-corrected chi connectivity index (χ1v) is 4.89. The van der Waals surface area contributed by atoms with E-state index in [9.17, 15) is 0 Å². The second-order valence-corrected chi connectivity index (χ2v) is 3.56. The van der Waals surface area contributed by atoms with Crippen molar-refractivity contribution in [3.05, 3.63) is 29.8 Å². The van der Waals surface area contributed by atoms with E-state index in [1.54, 1.807) is 0 Å². The number of hydrogen-bond donors (Lipinski definition) is 2. The summed E-state index contributed by atoms with van der Waals surface area (Å²) in [6, 6.07) is 9.22. The number of rotatable bonds is 4. The second-order valence-electron chi connectivity index (χ2n) is 3.56. The minimum absolute atomic E-state index is 0.782. The van der Waals surface area contributed by atoms with Gasteiger partial charge in [0, 0.05) is 25.3 Å². The van der Waals surface area contributed by atoms with Gasteiger partial charge in [-0.25, -0.2) is 0 Å². The maximum Gasteiger partial charge on any atom is 0.0383 e. The quantitative estimate of drug-likeness (QED) is 0.733. The van der Waals surface area contributed by atoms with Crippen molar-refractivity contribution in [3.63, 3.8) is 0 Å². The SMILES string of the molecule is CNc1ccccc1CNC1CC1. The van der Waals surface area contributed by atoms with Gasteiger partial charge in [0.1, 0.15) is 0 Å². The Kier molecular flexibility index (Phi) is 2.50. The second kappa shape index (κ2) is 3.79. The molecule has 1 saturated carbocycles. The van der Waals surface area contributed by atoms with Gasteiger partial charge in [-0.2, -0.15) is 0 Å². The third-order valence-corrected chi connectivity index (χ3v) is 2.45. The summed E-state index contributed by atoms with van der Waals surface area (Å²) in [5.41, 5.74) is 2.59. The van der Waals surface area contributed by atoms with E-state index in [-0.39, 0.29) is 0 Å². The summed E-state index contributed by atoms with van der Waals surface area (Å²) in [6.45, 7) is 0.988. The van der Waals surface area contributed by atoms with Crippen molar-refractivity contribution in [2.24, 2.45) is 0 Å². The van der Waals surface area contributed by atoms with Crippen LogP contribution in [0.1, 0.15) is 18.4 Å². The Balaban J connectivity index is 1.99. The van der Waals surface area contributed by atoms with Crippen molar-refractivity contribution in [2.75, 3.05) is 12.4 Å². The molecule has 1 aliphatic carbocycles. The number of benzene rings is 1. The van der Waals surface area contributed by atoms with Gasteiger partial charge in [-0.05, 0) is 24.5 Å². The van der Waals surface area contributed by atoms with Gasteiger partial charge in [0.15, 0.2) is 0 Å². The van der Waals surface area contributed by atoms with E-state index in [1.807, 2.05) is 7.05 Å². The molecule has 0 radical (unpaired) electrons. The van der Waals surface area contributed by atoms with Crippen LogP contribution in [-0.4, -0.2) is 13.1 Å². The molecular weight excluding hydrogens is 160 g/mol. The van der Waals surface area contributed by atoms with E-state index in [4.69, 9.17) is 0 Å². The molecule has 0 heterocycles. The van der Waals surface area contributed by atoms with E-state index in [0.29, 0.717) is 0 Å². The summed E-state index contributed by atoms with van der Waals surface area (Å²) >= 11 is 0. The minimum Gasteiger partial charge on any atom is -0.388 e. The first-order chi connectivity index (χ1) is 6.40. The summed E-state index contributed by atoms with van der Waals surface area (Å²) in [5, 5.41) is 6.71. The first kappa shape index (κ1) is 8.57. The van der Waals surface area contributed by atoms with Gasteiger partial charge in [0.2, 0.25) is 0 Å². The Morgan fingerprint density at radius 1 is 1.31 bits per heavy atom. The fourth-order valence-corrected chi connectivity index (χ4v) is 1.46. The van der Waals surface area contributed by atoms with Crippen molar-refractivity contribution in [2.45, 2.75) is 25.4 Å². The molecule has 0 unspecified atom stereocenters. The van der Waals surface area contributed by atoms with Crippen LogP contribution in [0.15, 0.2) is 24.3 Å². The highest BCUT2D eigenvalue weighted by molar-refractivity contribution is 5.50. The first-order valence-electron chi connectivity index (χ1n) is 4.89. The maximum absolute atomic E-state index is 3.51. The van der Waals surface area contributed by atoms with Crippen molar-refractivity contribution < 1.29 is 0 Å². The fourth-order valence-electron chi connectivity index (χ4n) is 1.46. The highest BCUT2D eigenvalue weighted by atomic mass is 14.9. The summed E-state index contributed by atoms with van der Waals surface area (Å²) < 4.78 is 0. The molecule has 2 nitrogen and oxygen atoms in total. The maximum atomic E-state index is 3.51. The average Bonchev–Trinajstić information content (AvgIpc) is 2.99. The van der Waals surface area contributed by atoms with E-state index in [2.05, 4.69) is 34.9 Å². The molecule has 13 heavy (non-hydrogen) atoms. The third-order valence-electron chi connectivity index (χ3n) is 2.45. The molecule has 1 aromatic carbocycles. The lowest BCUT2D eigenvalue weighted by Gasteiger charge is -2.08. The highest BCUT2D eigenvalue weighted by Gasteiger charge is 2.20. The van der Waals surface area contributed by atoms with Gasteiger partial charge < -0.3 is 10.6 Å². The normalized spacial score (nSPS) is 15.8. The van der Waals surface area contributed by atoms with Gasteiger partial charge in [0.05, 0.1) is 0 Å². The van der Waals surface area contributed by atoms with Crippen LogP contribution < -0.4 is 10.6 Å². The van der Waals surface area contributed by atoms with Crippen LogP contribution in [0.25, 0.3) is 0 Å². The van der Waals surface area contributed by atoms with E-state index in [1.165, 1.54) is 24.1 Å². The van der Waals surface area contributed by atoms with Crippen LogP contribution in [0.5, 0.6) is 0 Å². The zero-order chi connectivity index (χ0) is 9.10. The summed E-state index contributed by atoms with van der Waals surface area (Å²) in [5.74, 6) is 0. The van der Waals surface area contributed by atoms with Gasteiger partial charge >= 0.3 is 0 Å². The molecule has 1 aliphatic rings. The van der Waals surface area contributed by atoms with Crippen molar-refractivity contribution >= 4 is 5.69 Å². The molecule has 2 N–H and O–H groups in total. The largest absolute Gasteiger partial charge is 0.388 e. The van der Waals surface area contributed by atoms with Crippen LogP contribution in [0.2, 0.25) is 0 Å². The van der Waals surface area contributed by atoms with Gasteiger partial charge in [-0.15, -0.1) is 0 Å². The van der Waals surface area contributed by atoms with Crippen LogP contribution in [0, 0.1) is 0 Å². The molecule has 0 saturated heterocycles. The molecule has 0 atom stereocenters. The summed E-state index contributed by atoms with van der Waals surface area (Å²) in [7, 11) is 1.97. The van der Waals surface area contributed by atoms with E-state index < -0.39 is 0 Å². The molecular formula is C11H16N2. The Hall–Kier alpha value is -1.02. The van der Waals surface area contributed by atoms with E-state index >= 15 is 0 Å². The molecule has 0 amide bonds. The lowest BCUT2D eigenvalue weighted by molar-refractivity contribution is 0.689. The number of para-hydroxylation sites is 1. The van der Waals surface area contributed by atoms with Crippen LogP contribution in [0.4, 0.5) is 5.69 Å². The van der Waals surface area contributed by atoms with Gasteiger partial charge in [-0.3, -0.25) is 0 Å². The Bertz CT molecular complexity index is 279. The molecule has 0 bridgehead atoms. The zero-order valence-corrected chi connectivity index (χ0v) is 8.01. The van der Waals surface area contributed by atoms with Gasteiger partial charge in [-0.1, -0.05) is 18.2 Å². The monoisotopic (exact) mass is 176 g/mol. The molecule has 1 aromatic rings. The Morgan fingerprint density at radius 2 is 2.08 bits per heavy atom. The molecule has 1 fully saturated rings. The number of anilines is 1. The summed E-state index contributed by atoms with van der Waals surface area (Å²) in [6.07, 6.45) is 2.70. The molecule has 0 aromatic heterocycles. The molecule has 0 spiro atoms. The zero-order valence-electron chi connectivity index (χ0n) is 8.01. The standard InChI is InChI=1S/C11H16N2/c1-12-11-5-3-2-4-9(11)8-13-10-6-7-10/h2-5,10,12-13H,6-8H2,1H3. The Labute approximate surface area is 79.4 Å². The van der Waals surface area contributed by atoms with Gasteiger partial charge in [0.25, 0.3) is 0 Å². The predicted molar refractivity (Wildman–Crippen MR) is 55.9 cm³/mol.